The summed E-state index contributed by atoms with van der Waals surface area (Å²) in [5, 5.41) is 0. The Labute approximate surface area is 171 Å². The topological polar surface area (TPSA) is 49.6 Å². The van der Waals surface area contributed by atoms with Gasteiger partial charge < -0.3 is 10.6 Å². The van der Waals surface area contributed by atoms with Gasteiger partial charge >= 0.3 is 0 Å². The molecule has 1 unspecified atom stereocenters. The number of carbonyl (C=O) groups is 1. The Balaban J connectivity index is 0.00000312. The SMILES string of the molecule is CN(CC1CCN(Cc2ccccc2)C1)C(=O)CCCCCCN.Cl.Cl. The molecule has 150 valence electrons. The third-order valence-electron chi connectivity index (χ3n) is 4.92. The largest absolute Gasteiger partial charge is 0.345 e. The lowest BCUT2D eigenvalue weighted by Crippen LogP contribution is -2.33. The van der Waals surface area contributed by atoms with Crippen molar-refractivity contribution in [1.29, 1.82) is 0 Å². The summed E-state index contributed by atoms with van der Waals surface area (Å²) in [6.07, 6.45) is 6.20. The summed E-state index contributed by atoms with van der Waals surface area (Å²) in [5.41, 5.74) is 6.87. The van der Waals surface area contributed by atoms with Crippen LogP contribution in [-0.2, 0) is 11.3 Å². The molecule has 1 heterocycles. The number of likely N-dealkylation sites (tertiary alicyclic amines) is 1. The predicted octanol–water partition coefficient (Wildman–Crippen LogP) is 3.72. The Morgan fingerprint density at radius 1 is 1.15 bits per heavy atom. The van der Waals surface area contributed by atoms with Gasteiger partial charge in [-0.25, -0.2) is 0 Å². The molecule has 0 aromatic heterocycles. The van der Waals surface area contributed by atoms with Crippen LogP contribution in [0.15, 0.2) is 30.3 Å². The summed E-state index contributed by atoms with van der Waals surface area (Å²) in [6.45, 7) is 4.92. The van der Waals surface area contributed by atoms with Crippen molar-refractivity contribution in [2.45, 2.75) is 45.1 Å². The molecule has 0 aliphatic carbocycles. The fraction of sp³-hybridized carbons (Fsp3) is 0.650. The number of amides is 1. The Hall–Kier alpha value is -0.810. The molecule has 1 fully saturated rings. The van der Waals surface area contributed by atoms with Gasteiger partial charge in [0.15, 0.2) is 0 Å². The van der Waals surface area contributed by atoms with Crippen LogP contribution >= 0.6 is 24.8 Å². The normalized spacial score (nSPS) is 16.6. The van der Waals surface area contributed by atoms with Crippen molar-refractivity contribution in [1.82, 2.24) is 9.80 Å². The minimum atomic E-state index is 0. The molecule has 4 nitrogen and oxygen atoms in total. The molecule has 0 radical (unpaired) electrons. The number of rotatable bonds is 10. The first kappa shape index (κ1) is 25.2. The molecule has 1 aliphatic heterocycles. The first-order chi connectivity index (χ1) is 11.7. The molecular formula is C20H35Cl2N3O. The van der Waals surface area contributed by atoms with E-state index in [4.69, 9.17) is 5.73 Å². The predicted molar refractivity (Wildman–Crippen MR) is 114 cm³/mol. The first-order valence-corrected chi connectivity index (χ1v) is 9.39. The van der Waals surface area contributed by atoms with Crippen LogP contribution in [0, 0.1) is 5.92 Å². The third-order valence-corrected chi connectivity index (χ3v) is 4.92. The van der Waals surface area contributed by atoms with Gasteiger partial charge in [0.1, 0.15) is 0 Å². The summed E-state index contributed by atoms with van der Waals surface area (Å²) in [6, 6.07) is 10.6. The van der Waals surface area contributed by atoms with Gasteiger partial charge in [0.25, 0.3) is 0 Å². The Morgan fingerprint density at radius 3 is 2.54 bits per heavy atom. The van der Waals surface area contributed by atoms with Gasteiger partial charge in [0.05, 0.1) is 0 Å². The highest BCUT2D eigenvalue weighted by Crippen LogP contribution is 2.20. The highest BCUT2D eigenvalue weighted by atomic mass is 35.5. The number of carbonyl (C=O) groups excluding carboxylic acids is 1. The van der Waals surface area contributed by atoms with Crippen LogP contribution in [0.4, 0.5) is 0 Å². The molecule has 1 aliphatic rings. The highest BCUT2D eigenvalue weighted by molar-refractivity contribution is 5.85. The van der Waals surface area contributed by atoms with E-state index in [0.717, 1.165) is 58.4 Å². The minimum Gasteiger partial charge on any atom is -0.345 e. The van der Waals surface area contributed by atoms with Gasteiger partial charge in [-0.3, -0.25) is 9.69 Å². The minimum absolute atomic E-state index is 0. The molecule has 2 N–H and O–H groups in total. The summed E-state index contributed by atoms with van der Waals surface area (Å²) < 4.78 is 0. The highest BCUT2D eigenvalue weighted by Gasteiger charge is 2.24. The second kappa shape index (κ2) is 14.3. The van der Waals surface area contributed by atoms with Crippen LogP contribution in [0.3, 0.4) is 0 Å². The average Bonchev–Trinajstić information content (AvgIpc) is 3.02. The van der Waals surface area contributed by atoms with Gasteiger partial charge in [-0.2, -0.15) is 0 Å². The maximum absolute atomic E-state index is 12.2. The quantitative estimate of drug-likeness (QED) is 0.605. The molecule has 1 amide bonds. The smallest absolute Gasteiger partial charge is 0.222 e. The first-order valence-electron chi connectivity index (χ1n) is 9.39. The fourth-order valence-corrected chi connectivity index (χ4v) is 3.50. The summed E-state index contributed by atoms with van der Waals surface area (Å²) in [4.78, 5) is 16.7. The molecule has 6 heteroatoms. The molecule has 1 atom stereocenters. The van der Waals surface area contributed by atoms with Crippen molar-refractivity contribution in [2.75, 3.05) is 33.2 Å². The van der Waals surface area contributed by atoms with Crippen LogP contribution in [0.25, 0.3) is 0 Å². The number of benzene rings is 1. The summed E-state index contributed by atoms with van der Waals surface area (Å²) in [5.74, 6) is 0.907. The van der Waals surface area contributed by atoms with E-state index in [9.17, 15) is 4.79 Å². The molecule has 26 heavy (non-hydrogen) atoms. The Bertz CT molecular complexity index is 487. The molecule has 1 aromatic carbocycles. The summed E-state index contributed by atoms with van der Waals surface area (Å²) in [7, 11) is 1.96. The van der Waals surface area contributed by atoms with Crippen LogP contribution in [-0.4, -0.2) is 48.9 Å². The number of hydrogen-bond acceptors (Lipinski definition) is 3. The molecule has 1 saturated heterocycles. The molecular weight excluding hydrogens is 369 g/mol. The maximum atomic E-state index is 12.2. The van der Waals surface area contributed by atoms with E-state index < -0.39 is 0 Å². The van der Waals surface area contributed by atoms with Crippen molar-refractivity contribution in [3.8, 4) is 0 Å². The second-order valence-corrected chi connectivity index (χ2v) is 7.10. The van der Waals surface area contributed by atoms with Gasteiger partial charge in [0.2, 0.25) is 5.91 Å². The van der Waals surface area contributed by atoms with Crippen LogP contribution in [0.1, 0.15) is 44.1 Å². The van der Waals surface area contributed by atoms with E-state index in [-0.39, 0.29) is 24.8 Å². The second-order valence-electron chi connectivity index (χ2n) is 7.10. The zero-order chi connectivity index (χ0) is 17.2. The lowest BCUT2D eigenvalue weighted by atomic mass is 10.1. The molecule has 0 saturated carbocycles. The van der Waals surface area contributed by atoms with E-state index in [1.807, 2.05) is 11.9 Å². The monoisotopic (exact) mass is 403 g/mol. The average molecular weight is 404 g/mol. The van der Waals surface area contributed by atoms with Gasteiger partial charge in [-0.15, -0.1) is 24.8 Å². The van der Waals surface area contributed by atoms with E-state index in [1.54, 1.807) is 0 Å². The third kappa shape index (κ3) is 9.22. The van der Waals surface area contributed by atoms with Crippen LogP contribution in [0.5, 0.6) is 0 Å². The van der Waals surface area contributed by atoms with Gasteiger partial charge in [0, 0.05) is 33.1 Å². The van der Waals surface area contributed by atoms with Gasteiger partial charge in [-0.05, 0) is 43.8 Å². The Morgan fingerprint density at radius 2 is 1.85 bits per heavy atom. The number of hydrogen-bond donors (Lipinski definition) is 1. The number of nitrogens with zero attached hydrogens (tertiary/aromatic N) is 2. The standard InChI is InChI=1S/C20H33N3O.2ClH/c1-22(20(24)11-7-2-3-8-13-21)15-19-12-14-23(17-19)16-18-9-5-4-6-10-18;;/h4-6,9-10,19H,2-3,7-8,11-17,21H2,1H3;2*1H. The van der Waals surface area contributed by atoms with Crippen molar-refractivity contribution < 1.29 is 4.79 Å². The van der Waals surface area contributed by atoms with E-state index in [1.165, 1.54) is 12.0 Å². The number of nitrogens with two attached hydrogens (primary N) is 1. The number of unbranched alkanes of at least 4 members (excludes halogenated alkanes) is 3. The van der Waals surface area contributed by atoms with Crippen LogP contribution < -0.4 is 5.73 Å². The zero-order valence-corrected chi connectivity index (χ0v) is 17.6. The van der Waals surface area contributed by atoms with Crippen molar-refractivity contribution >= 4 is 30.7 Å². The lowest BCUT2D eigenvalue weighted by molar-refractivity contribution is -0.130. The maximum Gasteiger partial charge on any atom is 0.222 e. The van der Waals surface area contributed by atoms with Crippen molar-refractivity contribution in [2.24, 2.45) is 11.7 Å². The van der Waals surface area contributed by atoms with Crippen molar-refractivity contribution in [3.63, 3.8) is 0 Å². The van der Waals surface area contributed by atoms with E-state index in [0.29, 0.717) is 18.2 Å². The van der Waals surface area contributed by atoms with Crippen molar-refractivity contribution in [3.05, 3.63) is 35.9 Å². The van der Waals surface area contributed by atoms with Crippen LogP contribution in [0.2, 0.25) is 0 Å². The molecule has 2 rings (SSSR count). The molecule has 0 spiro atoms. The molecule has 0 bridgehead atoms. The Kier molecular flexibility index (Phi) is 13.8. The van der Waals surface area contributed by atoms with E-state index in [2.05, 4.69) is 35.2 Å². The fourth-order valence-electron chi connectivity index (χ4n) is 3.50. The van der Waals surface area contributed by atoms with Gasteiger partial charge in [-0.1, -0.05) is 43.2 Å². The zero-order valence-electron chi connectivity index (χ0n) is 15.9. The number of halogens is 2. The lowest BCUT2D eigenvalue weighted by Gasteiger charge is -2.22. The van der Waals surface area contributed by atoms with E-state index >= 15 is 0 Å². The summed E-state index contributed by atoms with van der Waals surface area (Å²) >= 11 is 0. The molecule has 1 aromatic rings.